The number of carbonyl (C=O) groups excluding carboxylic acids is 2. The van der Waals surface area contributed by atoms with Crippen LogP contribution in [0.3, 0.4) is 0 Å². The fraction of sp³-hybridized carbons (Fsp3) is 0.280. The molecule has 11 heteroatoms. The Balaban J connectivity index is 1.82. The molecule has 0 aromatic carbocycles. The molecular formula is C25H24Cl2N4O4S. The van der Waals surface area contributed by atoms with Crippen LogP contribution in [0.2, 0.25) is 9.36 Å². The third-order valence-corrected chi connectivity index (χ3v) is 6.98. The number of rotatable bonds is 7. The van der Waals surface area contributed by atoms with E-state index in [1.54, 1.807) is 26.8 Å². The third kappa shape index (κ3) is 5.33. The van der Waals surface area contributed by atoms with Crippen molar-refractivity contribution < 1.29 is 14.0 Å². The fourth-order valence-electron chi connectivity index (χ4n) is 3.61. The summed E-state index contributed by atoms with van der Waals surface area (Å²) in [6, 6.07) is 9.71. The summed E-state index contributed by atoms with van der Waals surface area (Å²) in [6.07, 6.45) is 2.70. The van der Waals surface area contributed by atoms with E-state index in [4.69, 9.17) is 27.6 Å². The van der Waals surface area contributed by atoms with Gasteiger partial charge in [-0.2, -0.15) is 9.78 Å². The zero-order chi connectivity index (χ0) is 26.2. The van der Waals surface area contributed by atoms with Crippen molar-refractivity contribution in [2.24, 2.45) is 5.41 Å². The standard InChI is InChI=1S/C25H24Cl2N4O4S/c1-25(2,3)24(34)31-21(29(4)12-16-5-7-20(27)36-16)11-18(28-31)23-17(26)6-8-22(33)30(23)13-19(32)15-9-10-35-14-15/h5-11,14H,12-13H2,1-4H3. The second-order valence-electron chi connectivity index (χ2n) is 9.31. The summed E-state index contributed by atoms with van der Waals surface area (Å²) in [5, 5.41) is 4.80. The second kappa shape index (κ2) is 10.1. The maximum atomic E-state index is 13.4. The van der Waals surface area contributed by atoms with Gasteiger partial charge in [0.1, 0.15) is 17.8 Å². The molecule has 4 heterocycles. The Hall–Kier alpha value is -3.14. The second-order valence-corrected chi connectivity index (χ2v) is 11.5. The topological polar surface area (TPSA) is 90.3 Å². The number of halogens is 2. The predicted molar refractivity (Wildman–Crippen MR) is 141 cm³/mol. The lowest BCUT2D eigenvalue weighted by Gasteiger charge is -2.22. The van der Waals surface area contributed by atoms with E-state index in [1.807, 2.05) is 24.1 Å². The van der Waals surface area contributed by atoms with Crippen molar-refractivity contribution in [3.05, 3.63) is 79.1 Å². The van der Waals surface area contributed by atoms with Gasteiger partial charge in [0.2, 0.25) is 0 Å². The van der Waals surface area contributed by atoms with Gasteiger partial charge in [-0.1, -0.05) is 44.0 Å². The largest absolute Gasteiger partial charge is 0.472 e. The van der Waals surface area contributed by atoms with E-state index in [9.17, 15) is 14.4 Å². The Morgan fingerprint density at radius 3 is 2.50 bits per heavy atom. The molecule has 0 amide bonds. The van der Waals surface area contributed by atoms with E-state index < -0.39 is 11.0 Å². The number of hydrogen-bond donors (Lipinski definition) is 0. The van der Waals surface area contributed by atoms with Gasteiger partial charge < -0.3 is 9.32 Å². The Morgan fingerprint density at radius 2 is 1.89 bits per heavy atom. The van der Waals surface area contributed by atoms with Crippen LogP contribution in [-0.4, -0.2) is 33.1 Å². The summed E-state index contributed by atoms with van der Waals surface area (Å²) in [5.74, 6) is -0.0590. The van der Waals surface area contributed by atoms with E-state index in [-0.39, 0.29) is 29.0 Å². The SMILES string of the molecule is CN(Cc1ccc(Cl)s1)c1cc(-c2c(Cl)ccc(=O)n2CC(=O)c2ccoc2)nn1C(=O)C(C)(C)C. The highest BCUT2D eigenvalue weighted by Crippen LogP contribution is 2.32. The molecule has 0 N–H and O–H groups in total. The molecule has 8 nitrogen and oxygen atoms in total. The van der Waals surface area contributed by atoms with E-state index >= 15 is 0 Å². The molecule has 0 aliphatic carbocycles. The molecule has 0 aliphatic rings. The van der Waals surface area contributed by atoms with Crippen molar-refractivity contribution in [1.82, 2.24) is 14.3 Å². The Kier molecular flexibility index (Phi) is 7.26. The Labute approximate surface area is 221 Å². The van der Waals surface area contributed by atoms with Gasteiger partial charge in [-0.25, -0.2) is 0 Å². The molecule has 188 valence electrons. The molecule has 4 aromatic rings. The van der Waals surface area contributed by atoms with Crippen LogP contribution in [0.25, 0.3) is 11.4 Å². The zero-order valence-corrected chi connectivity index (χ0v) is 22.4. The number of ketones is 1. The van der Waals surface area contributed by atoms with Crippen LogP contribution >= 0.6 is 34.5 Å². The van der Waals surface area contributed by atoms with E-state index in [0.29, 0.717) is 28.0 Å². The molecule has 0 atom stereocenters. The predicted octanol–water partition coefficient (Wildman–Crippen LogP) is 5.88. The highest BCUT2D eigenvalue weighted by molar-refractivity contribution is 7.16. The first-order valence-corrected chi connectivity index (χ1v) is 12.6. The molecule has 0 unspecified atom stereocenters. The minimum atomic E-state index is -0.734. The van der Waals surface area contributed by atoms with E-state index in [2.05, 4.69) is 5.10 Å². The Morgan fingerprint density at radius 1 is 1.14 bits per heavy atom. The maximum absolute atomic E-state index is 13.4. The number of thiophene rings is 1. The Bertz CT molecular complexity index is 1480. The smallest absolute Gasteiger partial charge is 0.254 e. The maximum Gasteiger partial charge on any atom is 0.254 e. The van der Waals surface area contributed by atoms with Gasteiger partial charge in [-0.05, 0) is 24.3 Å². The van der Waals surface area contributed by atoms with Gasteiger partial charge in [0.15, 0.2) is 5.78 Å². The van der Waals surface area contributed by atoms with Gasteiger partial charge in [-0.3, -0.25) is 19.0 Å². The van der Waals surface area contributed by atoms with Crippen LogP contribution in [-0.2, 0) is 13.1 Å². The molecule has 0 aliphatic heterocycles. The fourth-order valence-corrected chi connectivity index (χ4v) is 5.01. The number of anilines is 1. The number of aromatic nitrogens is 3. The first-order chi connectivity index (χ1) is 17.0. The van der Waals surface area contributed by atoms with E-state index in [1.165, 1.54) is 51.3 Å². The van der Waals surface area contributed by atoms with Crippen LogP contribution in [0.5, 0.6) is 0 Å². The summed E-state index contributed by atoms with van der Waals surface area (Å²) in [4.78, 5) is 41.9. The number of pyridine rings is 1. The average Bonchev–Trinajstić information content (AvgIpc) is 3.56. The van der Waals surface area contributed by atoms with Crippen LogP contribution in [0.1, 0.15) is 40.8 Å². The number of Topliss-reactive ketones (excluding diaryl/α,β-unsaturated/α-hetero) is 1. The quantitative estimate of drug-likeness (QED) is 0.269. The summed E-state index contributed by atoms with van der Waals surface area (Å²) < 4.78 is 8.24. The molecule has 36 heavy (non-hydrogen) atoms. The molecule has 0 bridgehead atoms. The summed E-state index contributed by atoms with van der Waals surface area (Å²) in [5.41, 5.74) is -0.290. The van der Waals surface area contributed by atoms with Crippen molar-refractivity contribution in [2.45, 2.75) is 33.9 Å². The lowest BCUT2D eigenvalue weighted by Crippen LogP contribution is -2.31. The normalized spacial score (nSPS) is 11.6. The van der Waals surface area contributed by atoms with Crippen LogP contribution < -0.4 is 10.5 Å². The lowest BCUT2D eigenvalue weighted by molar-refractivity contribution is 0.0750. The molecule has 0 radical (unpaired) electrons. The van der Waals surface area contributed by atoms with Crippen LogP contribution in [0.15, 0.2) is 58.1 Å². The van der Waals surface area contributed by atoms with Crippen molar-refractivity contribution in [3.8, 4) is 11.4 Å². The van der Waals surface area contributed by atoms with Crippen molar-refractivity contribution in [2.75, 3.05) is 11.9 Å². The highest BCUT2D eigenvalue weighted by Gasteiger charge is 2.29. The number of nitrogens with zero attached hydrogens (tertiary/aromatic N) is 4. The van der Waals surface area contributed by atoms with Crippen LogP contribution in [0, 0.1) is 5.41 Å². The molecule has 0 saturated heterocycles. The molecule has 4 aromatic heterocycles. The highest BCUT2D eigenvalue weighted by atomic mass is 35.5. The van der Waals surface area contributed by atoms with Gasteiger partial charge in [-0.15, -0.1) is 11.3 Å². The first-order valence-electron chi connectivity index (χ1n) is 11.0. The van der Waals surface area contributed by atoms with Gasteiger partial charge in [0, 0.05) is 29.5 Å². The first kappa shape index (κ1) is 25.9. The zero-order valence-electron chi connectivity index (χ0n) is 20.1. The lowest BCUT2D eigenvalue weighted by atomic mass is 9.96. The van der Waals surface area contributed by atoms with Crippen molar-refractivity contribution >= 4 is 52.0 Å². The minimum Gasteiger partial charge on any atom is -0.472 e. The number of carbonyl (C=O) groups is 2. The van der Waals surface area contributed by atoms with E-state index in [0.717, 1.165) is 4.88 Å². The van der Waals surface area contributed by atoms with Gasteiger partial charge in [0.05, 0.1) is 40.0 Å². The molecule has 0 spiro atoms. The minimum absolute atomic E-state index is 0.224. The molecular weight excluding hydrogens is 523 g/mol. The molecule has 0 fully saturated rings. The summed E-state index contributed by atoms with van der Waals surface area (Å²) in [7, 11) is 1.84. The summed E-state index contributed by atoms with van der Waals surface area (Å²) >= 11 is 14.1. The average molecular weight is 547 g/mol. The summed E-state index contributed by atoms with van der Waals surface area (Å²) in [6.45, 7) is 5.61. The molecule has 4 rings (SSSR count). The molecule has 0 saturated carbocycles. The number of hydrogen-bond acceptors (Lipinski definition) is 7. The van der Waals surface area contributed by atoms with Crippen LogP contribution in [0.4, 0.5) is 5.82 Å². The van der Waals surface area contributed by atoms with Crippen molar-refractivity contribution in [1.29, 1.82) is 0 Å². The monoisotopic (exact) mass is 546 g/mol. The van der Waals surface area contributed by atoms with Gasteiger partial charge >= 0.3 is 0 Å². The van der Waals surface area contributed by atoms with Gasteiger partial charge in [0.25, 0.3) is 11.5 Å². The third-order valence-electron chi connectivity index (χ3n) is 5.46. The van der Waals surface area contributed by atoms with Crippen molar-refractivity contribution in [3.63, 3.8) is 0 Å². The number of furan rings is 1.